The molecule has 0 radical (unpaired) electrons. The number of carboxylic acids is 1. The zero-order valence-electron chi connectivity index (χ0n) is 23.8. The number of ether oxygens (including phenoxy) is 1. The van der Waals surface area contributed by atoms with Gasteiger partial charge in [0.25, 0.3) is 0 Å². The Morgan fingerprint density at radius 3 is 2.83 bits per heavy atom. The van der Waals surface area contributed by atoms with Crippen LogP contribution in [-0.4, -0.2) is 50.3 Å². The fraction of sp³-hybridized carbons (Fsp3) is 0.375. The van der Waals surface area contributed by atoms with E-state index in [0.29, 0.717) is 42.5 Å². The van der Waals surface area contributed by atoms with Crippen molar-refractivity contribution in [1.29, 1.82) is 0 Å². The van der Waals surface area contributed by atoms with Crippen LogP contribution in [0.1, 0.15) is 50.7 Å². The van der Waals surface area contributed by atoms with Crippen molar-refractivity contribution >= 4 is 23.4 Å². The second kappa shape index (κ2) is 12.0. The van der Waals surface area contributed by atoms with E-state index in [1.54, 1.807) is 26.2 Å². The number of hydrogen-bond donors (Lipinski definition) is 3. The normalized spacial score (nSPS) is 17.4. The van der Waals surface area contributed by atoms with Crippen molar-refractivity contribution in [3.05, 3.63) is 83.6 Å². The Balaban J connectivity index is 1.30. The molecule has 9 nitrogen and oxygen atoms in total. The van der Waals surface area contributed by atoms with Gasteiger partial charge in [-0.05, 0) is 75.8 Å². The number of rotatable bonds is 9. The first-order valence-corrected chi connectivity index (χ1v) is 14.1. The Labute approximate surface area is 240 Å². The summed E-state index contributed by atoms with van der Waals surface area (Å²) in [5.74, 6) is 2.04. The molecule has 1 saturated heterocycles. The number of aliphatic hydroxyl groups excluding tert-OH is 1. The Hall–Kier alpha value is -4.40. The summed E-state index contributed by atoms with van der Waals surface area (Å²) in [6.45, 7) is 6.98. The molecule has 1 atom stereocenters. The van der Waals surface area contributed by atoms with Gasteiger partial charge in [0.1, 0.15) is 23.5 Å². The number of aryl methyl sites for hydroxylation is 1. The molecular weight excluding hydrogens is 518 g/mol. The molecule has 2 aliphatic rings. The number of nitrogens with one attached hydrogen (secondary N) is 1. The average Bonchev–Trinajstić information content (AvgIpc) is 2.95. The number of hydrogen-bond acceptors (Lipinski definition) is 8. The van der Waals surface area contributed by atoms with E-state index < -0.39 is 11.4 Å². The monoisotopic (exact) mass is 555 g/mol. The van der Waals surface area contributed by atoms with Gasteiger partial charge in [-0.25, -0.2) is 9.97 Å². The molecule has 2 aromatic heterocycles. The number of aliphatic hydroxyl groups is 1. The second-order valence-electron chi connectivity index (χ2n) is 11.4. The standard InChI is InChI=1S/C32H37N5O4/c1-21-13-14-27(36-30(21)23-9-6-8-22(16-23)17-32(2,3)31(39)40)34-28-18-33-19-29(35-28)37-15-7-10-24(20-37)41-26-12-5-4-11-25(26)38/h5-6,8-9,12-14,16,18-19,24,38H,4,7,10-11,15,17,20H2,1-3H3,(H,39,40)(H,34,35,36). The molecule has 3 aromatic rings. The summed E-state index contributed by atoms with van der Waals surface area (Å²) >= 11 is 0. The van der Waals surface area contributed by atoms with Crippen LogP contribution >= 0.6 is 0 Å². The van der Waals surface area contributed by atoms with E-state index in [0.717, 1.165) is 54.0 Å². The third-order valence-corrected chi connectivity index (χ3v) is 7.50. The largest absolute Gasteiger partial charge is 0.508 e. The SMILES string of the molecule is Cc1ccc(Nc2cncc(N3CCCC(OC4=C(O)CCC=C4)C3)n2)nc1-c1cccc(CC(C)(C)C(=O)O)c1. The molecule has 0 saturated carbocycles. The number of aromatic nitrogens is 3. The van der Waals surface area contributed by atoms with E-state index in [1.165, 1.54) is 0 Å². The van der Waals surface area contributed by atoms with Gasteiger partial charge in [-0.1, -0.05) is 30.3 Å². The van der Waals surface area contributed by atoms with Crippen molar-refractivity contribution in [3.63, 3.8) is 0 Å². The van der Waals surface area contributed by atoms with E-state index in [1.807, 2.05) is 55.5 Å². The van der Waals surface area contributed by atoms with Crippen molar-refractivity contribution in [2.24, 2.45) is 5.41 Å². The van der Waals surface area contributed by atoms with Gasteiger partial charge in [0.2, 0.25) is 0 Å². The van der Waals surface area contributed by atoms with Gasteiger partial charge in [-0.2, -0.15) is 0 Å². The van der Waals surface area contributed by atoms with E-state index in [-0.39, 0.29) is 6.10 Å². The molecular formula is C32H37N5O4. The summed E-state index contributed by atoms with van der Waals surface area (Å²) in [4.78, 5) is 27.9. The Kier molecular flexibility index (Phi) is 8.23. The van der Waals surface area contributed by atoms with Crippen LogP contribution < -0.4 is 10.2 Å². The molecule has 3 N–H and O–H groups in total. The summed E-state index contributed by atoms with van der Waals surface area (Å²) in [6, 6.07) is 11.8. The molecule has 5 rings (SSSR count). The minimum atomic E-state index is -0.860. The number of nitrogens with zero attached hydrogens (tertiary/aromatic N) is 4. The Bertz CT molecular complexity index is 1480. The molecule has 41 heavy (non-hydrogen) atoms. The molecule has 1 unspecified atom stereocenters. The zero-order valence-corrected chi connectivity index (χ0v) is 23.8. The van der Waals surface area contributed by atoms with Crippen molar-refractivity contribution < 1.29 is 19.7 Å². The number of allylic oxidation sites excluding steroid dienone is 3. The quantitative estimate of drug-likeness (QED) is 0.277. The first-order chi connectivity index (χ1) is 19.7. The minimum Gasteiger partial charge on any atom is -0.508 e. The van der Waals surface area contributed by atoms with Crippen LogP contribution in [0.3, 0.4) is 0 Å². The van der Waals surface area contributed by atoms with E-state index in [9.17, 15) is 15.0 Å². The number of carboxylic acid groups (broad SMARTS) is 1. The fourth-order valence-electron chi connectivity index (χ4n) is 5.16. The average molecular weight is 556 g/mol. The predicted octanol–water partition coefficient (Wildman–Crippen LogP) is 6.35. The lowest BCUT2D eigenvalue weighted by molar-refractivity contribution is -0.146. The number of carbonyl (C=O) groups is 1. The Morgan fingerprint density at radius 1 is 1.17 bits per heavy atom. The maximum absolute atomic E-state index is 11.6. The molecule has 1 aliphatic heterocycles. The lowest BCUT2D eigenvalue weighted by Gasteiger charge is -2.34. The summed E-state index contributed by atoms with van der Waals surface area (Å²) in [5, 5.41) is 23.0. The van der Waals surface area contributed by atoms with E-state index >= 15 is 0 Å². The fourth-order valence-corrected chi connectivity index (χ4v) is 5.16. The van der Waals surface area contributed by atoms with Crippen LogP contribution in [0.5, 0.6) is 0 Å². The van der Waals surface area contributed by atoms with Crippen molar-refractivity contribution in [3.8, 4) is 11.3 Å². The van der Waals surface area contributed by atoms with Crippen LogP contribution in [0.4, 0.5) is 17.5 Å². The third kappa shape index (κ3) is 6.85. The summed E-state index contributed by atoms with van der Waals surface area (Å²) < 4.78 is 6.13. The highest BCUT2D eigenvalue weighted by atomic mass is 16.5. The lowest BCUT2D eigenvalue weighted by Crippen LogP contribution is -2.40. The van der Waals surface area contributed by atoms with Gasteiger partial charge >= 0.3 is 5.97 Å². The zero-order chi connectivity index (χ0) is 29.0. The van der Waals surface area contributed by atoms with Gasteiger partial charge in [-0.15, -0.1) is 0 Å². The molecule has 0 amide bonds. The maximum Gasteiger partial charge on any atom is 0.309 e. The van der Waals surface area contributed by atoms with Crippen LogP contribution in [-0.2, 0) is 16.0 Å². The van der Waals surface area contributed by atoms with Crippen LogP contribution in [0.25, 0.3) is 11.3 Å². The highest BCUT2D eigenvalue weighted by molar-refractivity contribution is 5.74. The van der Waals surface area contributed by atoms with Crippen molar-refractivity contribution in [2.75, 3.05) is 23.3 Å². The molecule has 0 bridgehead atoms. The van der Waals surface area contributed by atoms with Gasteiger partial charge in [0.05, 0.1) is 30.0 Å². The summed E-state index contributed by atoms with van der Waals surface area (Å²) in [7, 11) is 0. The maximum atomic E-state index is 11.6. The predicted molar refractivity (Wildman–Crippen MR) is 159 cm³/mol. The summed E-state index contributed by atoms with van der Waals surface area (Å²) in [5.41, 5.74) is 2.85. The molecule has 1 aliphatic carbocycles. The van der Waals surface area contributed by atoms with Crippen LogP contribution in [0.15, 0.2) is 72.5 Å². The number of pyridine rings is 1. The number of aliphatic carboxylic acids is 1. The summed E-state index contributed by atoms with van der Waals surface area (Å²) in [6.07, 6.45) is 11.0. The third-order valence-electron chi connectivity index (χ3n) is 7.50. The number of piperidine rings is 1. The lowest BCUT2D eigenvalue weighted by atomic mass is 9.85. The first-order valence-electron chi connectivity index (χ1n) is 14.1. The van der Waals surface area contributed by atoms with E-state index in [4.69, 9.17) is 14.7 Å². The highest BCUT2D eigenvalue weighted by Crippen LogP contribution is 2.29. The van der Waals surface area contributed by atoms with Gasteiger partial charge in [0, 0.05) is 18.5 Å². The smallest absolute Gasteiger partial charge is 0.309 e. The highest BCUT2D eigenvalue weighted by Gasteiger charge is 2.28. The topological polar surface area (TPSA) is 121 Å². The number of benzene rings is 1. The minimum absolute atomic E-state index is 0.0415. The van der Waals surface area contributed by atoms with Crippen LogP contribution in [0, 0.1) is 12.3 Å². The van der Waals surface area contributed by atoms with Crippen LogP contribution in [0.2, 0.25) is 0 Å². The molecule has 0 spiro atoms. The second-order valence-corrected chi connectivity index (χ2v) is 11.4. The van der Waals surface area contributed by atoms with Crippen molar-refractivity contribution in [1.82, 2.24) is 15.0 Å². The first kappa shape index (κ1) is 28.1. The molecule has 3 heterocycles. The van der Waals surface area contributed by atoms with E-state index in [2.05, 4.69) is 15.2 Å². The molecule has 9 heteroatoms. The molecule has 1 aromatic carbocycles. The van der Waals surface area contributed by atoms with Gasteiger partial charge < -0.3 is 25.2 Å². The molecule has 1 fully saturated rings. The van der Waals surface area contributed by atoms with Crippen molar-refractivity contribution in [2.45, 2.75) is 59.0 Å². The molecule has 214 valence electrons. The van der Waals surface area contributed by atoms with Gasteiger partial charge in [-0.3, -0.25) is 9.78 Å². The Morgan fingerprint density at radius 2 is 2.02 bits per heavy atom. The number of anilines is 3. The van der Waals surface area contributed by atoms with Gasteiger partial charge in [0.15, 0.2) is 11.6 Å².